The van der Waals surface area contributed by atoms with Gasteiger partial charge in [-0.25, -0.2) is 0 Å². The zero-order valence-corrected chi connectivity index (χ0v) is 11.2. The van der Waals surface area contributed by atoms with Crippen LogP contribution in [-0.4, -0.2) is 19.9 Å². The van der Waals surface area contributed by atoms with E-state index in [-0.39, 0.29) is 0 Å². The van der Waals surface area contributed by atoms with Crippen LogP contribution in [0.4, 0.5) is 0 Å². The topological polar surface area (TPSA) is 50.9 Å². The van der Waals surface area contributed by atoms with Gasteiger partial charge in [-0.2, -0.15) is 5.10 Å². The molecule has 1 atom stereocenters. The van der Waals surface area contributed by atoms with Gasteiger partial charge in [-0.05, 0) is 25.0 Å². The molecule has 0 saturated heterocycles. The molecule has 2 heterocycles. The zero-order valence-electron chi connectivity index (χ0n) is 10.5. The number of rotatable bonds is 4. The van der Waals surface area contributed by atoms with E-state index in [1.54, 1.807) is 17.1 Å². The van der Waals surface area contributed by atoms with Crippen LogP contribution in [-0.2, 0) is 6.54 Å². The molecule has 0 aliphatic carbocycles. The van der Waals surface area contributed by atoms with E-state index >= 15 is 0 Å². The fraction of sp³-hybridized carbons (Fsp3) is 0.385. The molecule has 1 N–H and O–H groups in total. The summed E-state index contributed by atoms with van der Waals surface area (Å²) in [5, 5.41) is 15.1. The Bertz CT molecular complexity index is 539. The van der Waals surface area contributed by atoms with Gasteiger partial charge >= 0.3 is 0 Å². The maximum absolute atomic E-state index is 10.4. The highest BCUT2D eigenvalue weighted by Gasteiger charge is 2.21. The SMILES string of the molecule is CCCn1ncc(Cl)c1C(O)c1ncccc1C. The Labute approximate surface area is 111 Å². The smallest absolute Gasteiger partial charge is 0.139 e. The molecule has 2 aromatic heterocycles. The number of nitrogens with zero attached hydrogens (tertiary/aromatic N) is 3. The van der Waals surface area contributed by atoms with Crippen LogP contribution in [0.5, 0.6) is 0 Å². The molecule has 0 amide bonds. The fourth-order valence-corrected chi connectivity index (χ4v) is 2.19. The maximum atomic E-state index is 10.4. The number of halogens is 1. The molecule has 5 heteroatoms. The summed E-state index contributed by atoms with van der Waals surface area (Å²) in [7, 11) is 0. The molecule has 0 saturated carbocycles. The van der Waals surface area contributed by atoms with Gasteiger partial charge in [-0.3, -0.25) is 9.67 Å². The maximum Gasteiger partial charge on any atom is 0.139 e. The lowest BCUT2D eigenvalue weighted by Gasteiger charge is -2.15. The van der Waals surface area contributed by atoms with Crippen LogP contribution in [0.25, 0.3) is 0 Å². The molecular weight excluding hydrogens is 250 g/mol. The monoisotopic (exact) mass is 265 g/mol. The summed E-state index contributed by atoms with van der Waals surface area (Å²) in [6.07, 6.45) is 3.32. The molecule has 0 aromatic carbocycles. The van der Waals surface area contributed by atoms with Gasteiger partial charge in [0.2, 0.25) is 0 Å². The number of hydrogen-bond donors (Lipinski definition) is 1. The highest BCUT2D eigenvalue weighted by molar-refractivity contribution is 6.31. The highest BCUT2D eigenvalue weighted by atomic mass is 35.5. The second-order valence-electron chi connectivity index (χ2n) is 4.21. The van der Waals surface area contributed by atoms with Crippen LogP contribution >= 0.6 is 11.6 Å². The van der Waals surface area contributed by atoms with E-state index in [1.807, 2.05) is 19.1 Å². The first-order valence-electron chi connectivity index (χ1n) is 5.96. The predicted octanol–water partition coefficient (Wildman–Crippen LogP) is 2.73. The lowest BCUT2D eigenvalue weighted by Crippen LogP contribution is -2.12. The largest absolute Gasteiger partial charge is 0.380 e. The van der Waals surface area contributed by atoms with Crippen molar-refractivity contribution in [1.82, 2.24) is 14.8 Å². The van der Waals surface area contributed by atoms with Crippen LogP contribution in [0, 0.1) is 6.92 Å². The van der Waals surface area contributed by atoms with Crippen LogP contribution in [0.15, 0.2) is 24.5 Å². The van der Waals surface area contributed by atoms with E-state index in [1.165, 1.54) is 0 Å². The van der Waals surface area contributed by atoms with Crippen LogP contribution in [0.3, 0.4) is 0 Å². The van der Waals surface area contributed by atoms with Crippen LogP contribution in [0.1, 0.15) is 36.4 Å². The summed E-state index contributed by atoms with van der Waals surface area (Å²) in [4.78, 5) is 4.23. The summed E-state index contributed by atoms with van der Waals surface area (Å²) in [5.74, 6) is 0. The van der Waals surface area contributed by atoms with Gasteiger partial charge in [0.25, 0.3) is 0 Å². The van der Waals surface area contributed by atoms with Gasteiger partial charge in [-0.15, -0.1) is 0 Å². The van der Waals surface area contributed by atoms with Crippen molar-refractivity contribution in [3.8, 4) is 0 Å². The highest BCUT2D eigenvalue weighted by Crippen LogP contribution is 2.28. The number of aryl methyl sites for hydroxylation is 2. The van der Waals surface area contributed by atoms with E-state index in [9.17, 15) is 5.11 Å². The molecule has 4 nitrogen and oxygen atoms in total. The number of pyridine rings is 1. The van der Waals surface area contributed by atoms with E-state index in [2.05, 4.69) is 17.0 Å². The van der Waals surface area contributed by atoms with E-state index < -0.39 is 6.10 Å². The average Bonchev–Trinajstić information content (AvgIpc) is 2.71. The van der Waals surface area contributed by atoms with Crippen molar-refractivity contribution in [3.05, 3.63) is 46.5 Å². The first-order valence-corrected chi connectivity index (χ1v) is 6.33. The number of hydrogen-bond acceptors (Lipinski definition) is 3. The molecule has 1 unspecified atom stereocenters. The molecule has 2 aromatic rings. The summed E-state index contributed by atoms with van der Waals surface area (Å²) >= 11 is 6.11. The first kappa shape index (κ1) is 13.1. The fourth-order valence-electron chi connectivity index (χ4n) is 1.95. The summed E-state index contributed by atoms with van der Waals surface area (Å²) in [6.45, 7) is 4.70. The molecular formula is C13H16ClN3O. The first-order chi connectivity index (χ1) is 8.65. The van der Waals surface area contributed by atoms with Gasteiger partial charge < -0.3 is 5.11 Å². The van der Waals surface area contributed by atoms with Gasteiger partial charge in [-0.1, -0.05) is 24.6 Å². The Balaban J connectivity index is 2.42. The molecule has 0 aliphatic heterocycles. The second kappa shape index (κ2) is 5.50. The molecule has 0 aliphatic rings. The van der Waals surface area contributed by atoms with E-state index in [0.29, 0.717) is 16.4 Å². The van der Waals surface area contributed by atoms with Crippen molar-refractivity contribution in [2.45, 2.75) is 32.9 Å². The Hall–Kier alpha value is -1.39. The third kappa shape index (κ3) is 2.40. The molecule has 0 fully saturated rings. The van der Waals surface area contributed by atoms with Crippen LogP contribution < -0.4 is 0 Å². The van der Waals surface area contributed by atoms with Crippen molar-refractivity contribution in [1.29, 1.82) is 0 Å². The van der Waals surface area contributed by atoms with Gasteiger partial charge in [0.1, 0.15) is 6.10 Å². The van der Waals surface area contributed by atoms with Gasteiger partial charge in [0.15, 0.2) is 0 Å². The average molecular weight is 266 g/mol. The van der Waals surface area contributed by atoms with Crippen molar-refractivity contribution >= 4 is 11.6 Å². The Morgan fingerprint density at radius 3 is 2.94 bits per heavy atom. The molecule has 18 heavy (non-hydrogen) atoms. The number of aromatic nitrogens is 3. The second-order valence-corrected chi connectivity index (χ2v) is 4.62. The van der Waals surface area contributed by atoms with Gasteiger partial charge in [0, 0.05) is 12.7 Å². The molecule has 0 radical (unpaired) electrons. The Kier molecular flexibility index (Phi) is 3.99. The third-order valence-corrected chi connectivity index (χ3v) is 3.13. The minimum atomic E-state index is -0.840. The molecule has 0 bridgehead atoms. The minimum absolute atomic E-state index is 0.473. The third-order valence-electron chi connectivity index (χ3n) is 2.84. The zero-order chi connectivity index (χ0) is 13.1. The standard InChI is InChI=1S/C13H16ClN3O/c1-3-7-17-12(10(14)8-16-17)13(18)11-9(2)5-4-6-15-11/h4-6,8,13,18H,3,7H2,1-2H3. The number of aliphatic hydroxyl groups is 1. The summed E-state index contributed by atoms with van der Waals surface area (Å²) in [6, 6.07) is 3.76. The quantitative estimate of drug-likeness (QED) is 0.925. The number of aliphatic hydroxyl groups excluding tert-OH is 1. The predicted molar refractivity (Wildman–Crippen MR) is 70.6 cm³/mol. The lowest BCUT2D eigenvalue weighted by molar-refractivity contribution is 0.202. The normalized spacial score (nSPS) is 12.7. The van der Waals surface area contributed by atoms with Crippen molar-refractivity contribution in [2.24, 2.45) is 0 Å². The molecule has 0 spiro atoms. The van der Waals surface area contributed by atoms with Crippen molar-refractivity contribution < 1.29 is 5.11 Å². The van der Waals surface area contributed by atoms with Crippen molar-refractivity contribution in [2.75, 3.05) is 0 Å². The molecule has 2 rings (SSSR count). The van der Waals surface area contributed by atoms with E-state index in [0.717, 1.165) is 18.5 Å². The Morgan fingerprint density at radius 1 is 1.50 bits per heavy atom. The van der Waals surface area contributed by atoms with Gasteiger partial charge in [0.05, 0.1) is 22.6 Å². The lowest BCUT2D eigenvalue weighted by atomic mass is 10.1. The minimum Gasteiger partial charge on any atom is -0.380 e. The summed E-state index contributed by atoms with van der Waals surface area (Å²) in [5.41, 5.74) is 2.17. The molecule has 96 valence electrons. The van der Waals surface area contributed by atoms with Crippen LogP contribution in [0.2, 0.25) is 5.02 Å². The summed E-state index contributed by atoms with van der Waals surface area (Å²) < 4.78 is 1.74. The van der Waals surface area contributed by atoms with E-state index in [4.69, 9.17) is 11.6 Å². The van der Waals surface area contributed by atoms with Crippen molar-refractivity contribution in [3.63, 3.8) is 0 Å². The Morgan fingerprint density at radius 2 is 2.28 bits per heavy atom.